The molecule has 1 heterocycles. The summed E-state index contributed by atoms with van der Waals surface area (Å²) in [6, 6.07) is 0.373. The van der Waals surface area contributed by atoms with Crippen molar-refractivity contribution in [3.63, 3.8) is 0 Å². The Morgan fingerprint density at radius 1 is 1.40 bits per heavy atom. The molecule has 15 heavy (non-hydrogen) atoms. The molecule has 1 atom stereocenters. The maximum atomic E-state index is 11.5. The summed E-state index contributed by atoms with van der Waals surface area (Å²) in [5.41, 5.74) is 0. The number of piperidine rings is 1. The maximum Gasteiger partial charge on any atom is 0.220 e. The molecule has 0 aromatic rings. The molecule has 3 heteroatoms. The van der Waals surface area contributed by atoms with Crippen molar-refractivity contribution in [3.05, 3.63) is 0 Å². The predicted molar refractivity (Wildman–Crippen MR) is 62.8 cm³/mol. The minimum atomic E-state index is 0.236. The van der Waals surface area contributed by atoms with E-state index in [1.54, 1.807) is 0 Å². The fourth-order valence-corrected chi connectivity index (χ4v) is 1.99. The Balaban J connectivity index is 2.01. The molecule has 1 rings (SSSR count). The number of carbonyl (C=O) groups is 1. The van der Waals surface area contributed by atoms with E-state index in [0.717, 1.165) is 25.9 Å². The van der Waals surface area contributed by atoms with Gasteiger partial charge in [0.25, 0.3) is 0 Å². The van der Waals surface area contributed by atoms with Crippen molar-refractivity contribution in [2.75, 3.05) is 13.1 Å². The average molecular weight is 212 g/mol. The van der Waals surface area contributed by atoms with Gasteiger partial charge < -0.3 is 10.6 Å². The molecule has 0 spiro atoms. The van der Waals surface area contributed by atoms with Gasteiger partial charge in [0, 0.05) is 19.0 Å². The summed E-state index contributed by atoms with van der Waals surface area (Å²) in [6.07, 6.45) is 7.73. The quantitative estimate of drug-likeness (QED) is 0.659. The summed E-state index contributed by atoms with van der Waals surface area (Å²) in [5, 5.41) is 6.40. The second-order valence-corrected chi connectivity index (χ2v) is 4.42. The maximum absolute atomic E-state index is 11.5. The van der Waals surface area contributed by atoms with Crippen LogP contribution in [0.1, 0.15) is 51.9 Å². The first-order chi connectivity index (χ1) is 7.33. The van der Waals surface area contributed by atoms with E-state index in [0.29, 0.717) is 12.5 Å². The highest BCUT2D eigenvalue weighted by atomic mass is 16.1. The molecule has 0 aliphatic carbocycles. The number of hydrogen-bond acceptors (Lipinski definition) is 2. The van der Waals surface area contributed by atoms with Crippen LogP contribution in [-0.4, -0.2) is 25.0 Å². The zero-order valence-electron chi connectivity index (χ0n) is 9.85. The van der Waals surface area contributed by atoms with Gasteiger partial charge in [-0.2, -0.15) is 0 Å². The average Bonchev–Trinajstić information content (AvgIpc) is 2.26. The standard InChI is InChI=1S/C12H24N2O/c1-2-3-4-5-8-12(15)14-11-7-6-9-13-10-11/h11,13H,2-10H2,1H3,(H,14,15)/t11-/m0/s1. The number of nitrogens with one attached hydrogen (secondary N) is 2. The third kappa shape index (κ3) is 5.78. The Labute approximate surface area is 93.0 Å². The summed E-state index contributed by atoms with van der Waals surface area (Å²) in [4.78, 5) is 11.5. The fourth-order valence-electron chi connectivity index (χ4n) is 1.99. The molecule has 0 aromatic carbocycles. The van der Waals surface area contributed by atoms with E-state index in [1.165, 1.54) is 25.7 Å². The third-order valence-electron chi connectivity index (χ3n) is 2.92. The first-order valence-electron chi connectivity index (χ1n) is 6.33. The summed E-state index contributed by atoms with van der Waals surface area (Å²) >= 11 is 0. The SMILES string of the molecule is CCCCCCC(=O)N[C@H]1CCCNC1. The number of unbranched alkanes of at least 4 members (excludes halogenated alkanes) is 3. The van der Waals surface area contributed by atoms with Crippen LogP contribution >= 0.6 is 0 Å². The van der Waals surface area contributed by atoms with Gasteiger partial charge in [0.05, 0.1) is 0 Å². The minimum Gasteiger partial charge on any atom is -0.352 e. The van der Waals surface area contributed by atoms with Gasteiger partial charge in [0.15, 0.2) is 0 Å². The van der Waals surface area contributed by atoms with E-state index in [9.17, 15) is 4.79 Å². The van der Waals surface area contributed by atoms with Crippen LogP contribution in [0.4, 0.5) is 0 Å². The monoisotopic (exact) mass is 212 g/mol. The fraction of sp³-hybridized carbons (Fsp3) is 0.917. The molecule has 0 aromatic heterocycles. The van der Waals surface area contributed by atoms with Crippen LogP contribution in [0.5, 0.6) is 0 Å². The summed E-state index contributed by atoms with van der Waals surface area (Å²) in [7, 11) is 0. The highest BCUT2D eigenvalue weighted by Gasteiger charge is 2.14. The molecule has 0 bridgehead atoms. The Hall–Kier alpha value is -0.570. The predicted octanol–water partition coefficient (Wildman–Crippen LogP) is 1.82. The van der Waals surface area contributed by atoms with Gasteiger partial charge in [0.1, 0.15) is 0 Å². The highest BCUT2D eigenvalue weighted by molar-refractivity contribution is 5.76. The smallest absolute Gasteiger partial charge is 0.220 e. The molecular weight excluding hydrogens is 188 g/mol. The summed E-state index contributed by atoms with van der Waals surface area (Å²) in [5.74, 6) is 0.236. The Morgan fingerprint density at radius 2 is 2.27 bits per heavy atom. The molecule has 3 nitrogen and oxygen atoms in total. The molecule has 0 unspecified atom stereocenters. The number of carbonyl (C=O) groups excluding carboxylic acids is 1. The van der Waals surface area contributed by atoms with Crippen molar-refractivity contribution in [2.24, 2.45) is 0 Å². The lowest BCUT2D eigenvalue weighted by atomic mass is 10.1. The Bertz CT molecular complexity index is 176. The first kappa shape index (κ1) is 12.5. The molecule has 1 saturated heterocycles. The highest BCUT2D eigenvalue weighted by Crippen LogP contribution is 2.04. The van der Waals surface area contributed by atoms with Crippen molar-refractivity contribution < 1.29 is 4.79 Å². The van der Waals surface area contributed by atoms with E-state index in [4.69, 9.17) is 0 Å². The summed E-state index contributed by atoms with van der Waals surface area (Å²) < 4.78 is 0. The van der Waals surface area contributed by atoms with E-state index >= 15 is 0 Å². The minimum absolute atomic E-state index is 0.236. The molecular formula is C12H24N2O. The van der Waals surface area contributed by atoms with Crippen molar-refractivity contribution in [3.8, 4) is 0 Å². The third-order valence-corrected chi connectivity index (χ3v) is 2.92. The van der Waals surface area contributed by atoms with Crippen molar-refractivity contribution >= 4 is 5.91 Å². The molecule has 88 valence electrons. The largest absolute Gasteiger partial charge is 0.352 e. The Morgan fingerprint density at radius 3 is 2.93 bits per heavy atom. The van der Waals surface area contributed by atoms with Crippen molar-refractivity contribution in [1.82, 2.24) is 10.6 Å². The second-order valence-electron chi connectivity index (χ2n) is 4.42. The topological polar surface area (TPSA) is 41.1 Å². The lowest BCUT2D eigenvalue weighted by molar-refractivity contribution is -0.122. The molecule has 1 fully saturated rings. The van der Waals surface area contributed by atoms with Crippen LogP contribution < -0.4 is 10.6 Å². The van der Waals surface area contributed by atoms with Crippen LogP contribution in [0.3, 0.4) is 0 Å². The lowest BCUT2D eigenvalue weighted by Gasteiger charge is -2.23. The van der Waals surface area contributed by atoms with Crippen LogP contribution in [0.2, 0.25) is 0 Å². The Kier molecular flexibility index (Phi) is 6.41. The van der Waals surface area contributed by atoms with Crippen LogP contribution in [-0.2, 0) is 4.79 Å². The van der Waals surface area contributed by atoms with Gasteiger partial charge in [-0.3, -0.25) is 4.79 Å². The lowest BCUT2D eigenvalue weighted by Crippen LogP contribution is -2.45. The summed E-state index contributed by atoms with van der Waals surface area (Å²) in [6.45, 7) is 4.23. The van der Waals surface area contributed by atoms with E-state index in [1.807, 2.05) is 0 Å². The van der Waals surface area contributed by atoms with Crippen LogP contribution in [0.15, 0.2) is 0 Å². The van der Waals surface area contributed by atoms with Gasteiger partial charge in [-0.25, -0.2) is 0 Å². The van der Waals surface area contributed by atoms with Gasteiger partial charge in [0.2, 0.25) is 5.91 Å². The number of rotatable bonds is 6. The molecule has 0 saturated carbocycles. The zero-order valence-corrected chi connectivity index (χ0v) is 9.85. The molecule has 2 N–H and O–H groups in total. The van der Waals surface area contributed by atoms with Gasteiger partial charge >= 0.3 is 0 Å². The first-order valence-corrected chi connectivity index (χ1v) is 6.33. The molecule has 0 radical (unpaired) electrons. The van der Waals surface area contributed by atoms with Crippen LogP contribution in [0.25, 0.3) is 0 Å². The van der Waals surface area contributed by atoms with Gasteiger partial charge in [-0.15, -0.1) is 0 Å². The zero-order chi connectivity index (χ0) is 10.9. The number of hydrogen-bond donors (Lipinski definition) is 2. The van der Waals surface area contributed by atoms with Gasteiger partial charge in [-0.05, 0) is 25.8 Å². The second kappa shape index (κ2) is 7.69. The molecule has 1 aliphatic heterocycles. The molecule has 1 amide bonds. The van der Waals surface area contributed by atoms with E-state index in [-0.39, 0.29) is 5.91 Å². The normalized spacial score (nSPS) is 21.3. The van der Waals surface area contributed by atoms with Crippen LogP contribution in [0, 0.1) is 0 Å². The van der Waals surface area contributed by atoms with Crippen molar-refractivity contribution in [2.45, 2.75) is 57.9 Å². The molecule has 1 aliphatic rings. The van der Waals surface area contributed by atoms with E-state index < -0.39 is 0 Å². The van der Waals surface area contributed by atoms with Gasteiger partial charge in [-0.1, -0.05) is 26.2 Å². The van der Waals surface area contributed by atoms with E-state index in [2.05, 4.69) is 17.6 Å². The number of amides is 1. The van der Waals surface area contributed by atoms with Crippen molar-refractivity contribution in [1.29, 1.82) is 0 Å².